The van der Waals surface area contributed by atoms with Gasteiger partial charge in [-0.15, -0.1) is 11.3 Å². The van der Waals surface area contributed by atoms with Crippen LogP contribution in [0, 0.1) is 0 Å². The van der Waals surface area contributed by atoms with Crippen molar-refractivity contribution in [1.82, 2.24) is 9.55 Å². The van der Waals surface area contributed by atoms with Gasteiger partial charge in [0.15, 0.2) is 10.9 Å². The molecule has 3 aromatic rings. The van der Waals surface area contributed by atoms with Crippen molar-refractivity contribution in [2.75, 3.05) is 5.75 Å². The Kier molecular flexibility index (Phi) is 5.38. The number of nitrogens with zero attached hydrogens (tertiary/aromatic N) is 2. The second-order valence-electron chi connectivity index (χ2n) is 5.18. The summed E-state index contributed by atoms with van der Waals surface area (Å²) in [6, 6.07) is 10.7. The first-order valence-electron chi connectivity index (χ1n) is 7.51. The highest BCUT2D eigenvalue weighted by Crippen LogP contribution is 2.25. The highest BCUT2D eigenvalue weighted by atomic mass is 35.5. The lowest BCUT2D eigenvalue weighted by Crippen LogP contribution is -2.23. The van der Waals surface area contributed by atoms with Gasteiger partial charge in [-0.3, -0.25) is 14.2 Å². The molecule has 0 fully saturated rings. The molecule has 2 aromatic heterocycles. The van der Waals surface area contributed by atoms with E-state index in [4.69, 9.17) is 11.6 Å². The Hall–Kier alpha value is -1.63. The Morgan fingerprint density at radius 2 is 2.08 bits per heavy atom. The predicted molar refractivity (Wildman–Crippen MR) is 101 cm³/mol. The van der Waals surface area contributed by atoms with Crippen LogP contribution in [-0.4, -0.2) is 21.1 Å². The van der Waals surface area contributed by atoms with Crippen LogP contribution in [0.2, 0.25) is 4.34 Å². The number of thiophene rings is 1. The Morgan fingerprint density at radius 3 is 2.79 bits per heavy atom. The van der Waals surface area contributed by atoms with E-state index in [2.05, 4.69) is 4.98 Å². The summed E-state index contributed by atoms with van der Waals surface area (Å²) < 4.78 is 2.25. The van der Waals surface area contributed by atoms with Crippen molar-refractivity contribution in [2.45, 2.75) is 25.0 Å². The zero-order valence-electron chi connectivity index (χ0n) is 13.0. The Balaban J connectivity index is 1.91. The minimum atomic E-state index is -0.0587. The van der Waals surface area contributed by atoms with Crippen LogP contribution in [0.25, 0.3) is 10.9 Å². The first-order chi connectivity index (χ1) is 11.6. The van der Waals surface area contributed by atoms with E-state index in [1.165, 1.54) is 23.1 Å². The normalized spacial score (nSPS) is 11.1. The Bertz CT molecular complexity index is 949. The summed E-state index contributed by atoms with van der Waals surface area (Å²) >= 11 is 8.43. The van der Waals surface area contributed by atoms with Crippen LogP contribution in [0.15, 0.2) is 46.3 Å². The molecule has 0 radical (unpaired) electrons. The number of para-hydroxylation sites is 1. The number of carbonyl (C=O) groups excluding carboxylic acids is 1. The molecule has 0 spiro atoms. The number of aromatic nitrogens is 2. The van der Waals surface area contributed by atoms with Crippen molar-refractivity contribution in [2.24, 2.45) is 0 Å². The third-order valence-electron chi connectivity index (χ3n) is 3.45. The molecule has 24 heavy (non-hydrogen) atoms. The molecule has 0 aliphatic rings. The number of hydrogen-bond donors (Lipinski definition) is 0. The van der Waals surface area contributed by atoms with E-state index in [1.54, 1.807) is 22.8 Å². The first kappa shape index (κ1) is 17.2. The van der Waals surface area contributed by atoms with Crippen LogP contribution in [0.1, 0.15) is 23.0 Å². The quantitative estimate of drug-likeness (QED) is 0.360. The van der Waals surface area contributed by atoms with Crippen LogP contribution in [0.4, 0.5) is 0 Å². The molecule has 0 amide bonds. The second kappa shape index (κ2) is 7.51. The molecule has 0 aliphatic heterocycles. The van der Waals surface area contributed by atoms with Crippen LogP contribution in [-0.2, 0) is 6.54 Å². The Labute approximate surface area is 152 Å². The van der Waals surface area contributed by atoms with Crippen LogP contribution >= 0.6 is 34.7 Å². The third-order valence-corrected chi connectivity index (χ3v) is 5.70. The molecule has 0 bridgehead atoms. The van der Waals surface area contributed by atoms with Gasteiger partial charge in [0.05, 0.1) is 25.9 Å². The van der Waals surface area contributed by atoms with Gasteiger partial charge in [0.1, 0.15) is 0 Å². The third kappa shape index (κ3) is 3.55. The van der Waals surface area contributed by atoms with Crippen LogP contribution < -0.4 is 5.56 Å². The number of halogens is 1. The summed E-state index contributed by atoms with van der Waals surface area (Å²) in [4.78, 5) is 30.1. The average molecular weight is 379 g/mol. The van der Waals surface area contributed by atoms with E-state index >= 15 is 0 Å². The van der Waals surface area contributed by atoms with E-state index in [0.29, 0.717) is 31.8 Å². The lowest BCUT2D eigenvalue weighted by Gasteiger charge is -2.11. The van der Waals surface area contributed by atoms with Crippen molar-refractivity contribution >= 4 is 51.4 Å². The van der Waals surface area contributed by atoms with Gasteiger partial charge < -0.3 is 0 Å². The summed E-state index contributed by atoms with van der Waals surface area (Å²) in [7, 11) is 0. The van der Waals surface area contributed by atoms with Crippen molar-refractivity contribution in [1.29, 1.82) is 0 Å². The number of rotatable bonds is 6. The van der Waals surface area contributed by atoms with Crippen molar-refractivity contribution in [3.8, 4) is 0 Å². The lowest BCUT2D eigenvalue weighted by molar-refractivity contribution is 0.102. The molecular formula is C17H15ClN2O2S2. The zero-order valence-corrected chi connectivity index (χ0v) is 15.4. The molecule has 124 valence electrons. The summed E-state index contributed by atoms with van der Waals surface area (Å²) in [5, 5.41) is 1.18. The van der Waals surface area contributed by atoms with Gasteiger partial charge in [-0.1, -0.05) is 42.4 Å². The van der Waals surface area contributed by atoms with Gasteiger partial charge in [0, 0.05) is 6.54 Å². The molecule has 0 saturated heterocycles. The number of carbonyl (C=O) groups is 1. The topological polar surface area (TPSA) is 52.0 Å². The summed E-state index contributed by atoms with van der Waals surface area (Å²) in [5.41, 5.74) is 0.598. The largest absolute Gasteiger partial charge is 0.292 e. The maximum absolute atomic E-state index is 12.7. The van der Waals surface area contributed by atoms with Gasteiger partial charge in [-0.05, 0) is 30.7 Å². The second-order valence-corrected chi connectivity index (χ2v) is 7.84. The number of thioether (sulfide) groups is 1. The van der Waals surface area contributed by atoms with E-state index < -0.39 is 0 Å². The highest BCUT2D eigenvalue weighted by Gasteiger charge is 2.14. The fraction of sp³-hybridized carbons (Fsp3) is 0.235. The predicted octanol–water partition coefficient (Wildman–Crippen LogP) is 4.50. The van der Waals surface area contributed by atoms with Crippen molar-refractivity contribution < 1.29 is 4.79 Å². The molecule has 0 aliphatic carbocycles. The maximum Gasteiger partial charge on any atom is 0.262 e. The van der Waals surface area contributed by atoms with Crippen LogP contribution in [0.3, 0.4) is 0 Å². The molecule has 2 heterocycles. The minimum Gasteiger partial charge on any atom is -0.292 e. The van der Waals surface area contributed by atoms with E-state index in [-0.39, 0.29) is 17.1 Å². The van der Waals surface area contributed by atoms with E-state index in [0.717, 1.165) is 6.42 Å². The summed E-state index contributed by atoms with van der Waals surface area (Å²) in [5.74, 6) is 0.216. The maximum atomic E-state index is 12.7. The smallest absolute Gasteiger partial charge is 0.262 e. The molecule has 0 N–H and O–H groups in total. The van der Waals surface area contributed by atoms with Gasteiger partial charge >= 0.3 is 0 Å². The van der Waals surface area contributed by atoms with Gasteiger partial charge in [-0.2, -0.15) is 0 Å². The first-order valence-corrected chi connectivity index (χ1v) is 9.69. The SMILES string of the molecule is CCCn1c(SCC(=O)c2ccc(Cl)s2)nc2ccccc2c1=O. The molecule has 1 aromatic carbocycles. The molecule has 4 nitrogen and oxygen atoms in total. The van der Waals surface area contributed by atoms with Gasteiger partial charge in [0.2, 0.25) is 0 Å². The molecule has 7 heteroatoms. The number of ketones is 1. The average Bonchev–Trinajstić information content (AvgIpc) is 3.02. The molecule has 0 atom stereocenters. The standard InChI is InChI=1S/C17H15ClN2O2S2/c1-2-9-20-16(22)11-5-3-4-6-12(11)19-17(20)23-10-13(21)14-7-8-15(18)24-14/h3-8H,2,9-10H2,1H3. The number of benzene rings is 1. The van der Waals surface area contributed by atoms with Crippen LogP contribution in [0.5, 0.6) is 0 Å². The van der Waals surface area contributed by atoms with E-state index in [1.807, 2.05) is 25.1 Å². The monoisotopic (exact) mass is 378 g/mol. The number of hydrogen-bond acceptors (Lipinski definition) is 5. The van der Waals surface area contributed by atoms with Crippen molar-refractivity contribution in [3.63, 3.8) is 0 Å². The summed E-state index contributed by atoms with van der Waals surface area (Å²) in [6.07, 6.45) is 0.821. The number of Topliss-reactive ketones (excluding diaryl/α,β-unsaturated/α-hetero) is 1. The fourth-order valence-corrected chi connectivity index (χ4v) is 4.32. The Morgan fingerprint density at radius 1 is 1.29 bits per heavy atom. The molecule has 0 unspecified atom stereocenters. The van der Waals surface area contributed by atoms with Gasteiger partial charge in [-0.25, -0.2) is 4.98 Å². The minimum absolute atomic E-state index is 0.0117. The van der Waals surface area contributed by atoms with Crippen molar-refractivity contribution in [3.05, 3.63) is 56.0 Å². The van der Waals surface area contributed by atoms with Gasteiger partial charge in [0.25, 0.3) is 5.56 Å². The number of fused-ring (bicyclic) bond motifs is 1. The van der Waals surface area contributed by atoms with E-state index in [9.17, 15) is 9.59 Å². The molecular weight excluding hydrogens is 364 g/mol. The zero-order chi connectivity index (χ0) is 17.1. The lowest BCUT2D eigenvalue weighted by atomic mass is 10.2. The fourth-order valence-electron chi connectivity index (χ4n) is 2.34. The summed E-state index contributed by atoms with van der Waals surface area (Å²) in [6.45, 7) is 2.59. The molecule has 0 saturated carbocycles. The highest BCUT2D eigenvalue weighted by molar-refractivity contribution is 7.99. The molecule has 3 rings (SSSR count).